The second kappa shape index (κ2) is 3.84. The highest BCUT2D eigenvalue weighted by Gasteiger charge is 2.47. The van der Waals surface area contributed by atoms with E-state index in [1.54, 1.807) is 0 Å². The minimum Gasteiger partial charge on any atom is -0.393 e. The lowest BCUT2D eigenvalue weighted by atomic mass is 9.55. The summed E-state index contributed by atoms with van der Waals surface area (Å²) in [6.45, 7) is 4.65. The lowest BCUT2D eigenvalue weighted by molar-refractivity contribution is -0.0923. The van der Waals surface area contributed by atoms with Gasteiger partial charge in [0.15, 0.2) is 0 Å². The Morgan fingerprint density at radius 3 is 2.71 bits per heavy atom. The van der Waals surface area contributed by atoms with Gasteiger partial charge in [-0.2, -0.15) is 0 Å². The summed E-state index contributed by atoms with van der Waals surface area (Å²) in [7, 11) is 0. The first-order valence-corrected chi connectivity index (χ1v) is 6.36. The number of fused-ring (bicyclic) bond motifs is 1. The van der Waals surface area contributed by atoms with Crippen molar-refractivity contribution in [1.29, 1.82) is 0 Å². The Labute approximate surface area is 87.9 Å². The summed E-state index contributed by atoms with van der Waals surface area (Å²) in [6.07, 6.45) is 8.96. The van der Waals surface area contributed by atoms with Crippen molar-refractivity contribution in [3.8, 4) is 0 Å². The Balaban J connectivity index is 2.18. The number of rotatable bonds is 1. The lowest BCUT2D eigenvalue weighted by Gasteiger charge is -2.52. The zero-order valence-electron chi connectivity index (χ0n) is 9.63. The van der Waals surface area contributed by atoms with Crippen molar-refractivity contribution in [1.82, 2.24) is 0 Å². The standard InChI is InChI=1S/C13H24O/c1-3-10-7-8-12(14)13(2)9-5-4-6-11(10)13/h10-12,14H,3-9H2,1-2H3. The summed E-state index contributed by atoms with van der Waals surface area (Å²) >= 11 is 0. The summed E-state index contributed by atoms with van der Waals surface area (Å²) in [5.74, 6) is 1.70. The van der Waals surface area contributed by atoms with E-state index in [1.165, 1.54) is 38.5 Å². The topological polar surface area (TPSA) is 20.2 Å². The molecule has 1 heteroatoms. The Bertz CT molecular complexity index is 201. The minimum absolute atomic E-state index is 0.0180. The van der Waals surface area contributed by atoms with Crippen LogP contribution in [0.2, 0.25) is 0 Å². The van der Waals surface area contributed by atoms with Gasteiger partial charge in [-0.3, -0.25) is 0 Å². The van der Waals surface area contributed by atoms with Gasteiger partial charge < -0.3 is 5.11 Å². The van der Waals surface area contributed by atoms with Gasteiger partial charge in [0.1, 0.15) is 0 Å². The van der Waals surface area contributed by atoms with Crippen LogP contribution in [-0.4, -0.2) is 11.2 Å². The average Bonchev–Trinajstić information content (AvgIpc) is 2.20. The van der Waals surface area contributed by atoms with Gasteiger partial charge in [-0.1, -0.05) is 33.1 Å². The van der Waals surface area contributed by atoms with Crippen LogP contribution in [0.3, 0.4) is 0 Å². The van der Waals surface area contributed by atoms with Crippen molar-refractivity contribution in [2.45, 2.75) is 64.9 Å². The van der Waals surface area contributed by atoms with Crippen LogP contribution in [0.25, 0.3) is 0 Å². The van der Waals surface area contributed by atoms with Crippen molar-refractivity contribution >= 4 is 0 Å². The van der Waals surface area contributed by atoms with Crippen LogP contribution in [0.1, 0.15) is 58.8 Å². The highest BCUT2D eigenvalue weighted by atomic mass is 16.3. The van der Waals surface area contributed by atoms with E-state index in [9.17, 15) is 5.11 Å². The largest absolute Gasteiger partial charge is 0.393 e. The molecule has 2 fully saturated rings. The average molecular weight is 196 g/mol. The highest BCUT2D eigenvalue weighted by molar-refractivity contribution is 4.97. The molecule has 2 aliphatic rings. The van der Waals surface area contributed by atoms with Crippen molar-refractivity contribution in [3.63, 3.8) is 0 Å². The number of hydrogen-bond donors (Lipinski definition) is 1. The van der Waals surface area contributed by atoms with Crippen LogP contribution in [-0.2, 0) is 0 Å². The smallest absolute Gasteiger partial charge is 0.0596 e. The van der Waals surface area contributed by atoms with Gasteiger partial charge in [0, 0.05) is 0 Å². The van der Waals surface area contributed by atoms with Gasteiger partial charge in [0.2, 0.25) is 0 Å². The molecule has 0 amide bonds. The second-order valence-corrected chi connectivity index (χ2v) is 5.62. The zero-order valence-corrected chi connectivity index (χ0v) is 9.63. The normalized spacial score (nSPS) is 48.6. The van der Waals surface area contributed by atoms with Gasteiger partial charge in [0.05, 0.1) is 6.10 Å². The molecule has 1 nitrogen and oxygen atoms in total. The predicted octanol–water partition coefficient (Wildman–Crippen LogP) is 3.36. The maximum Gasteiger partial charge on any atom is 0.0596 e. The van der Waals surface area contributed by atoms with E-state index in [0.717, 1.165) is 18.3 Å². The van der Waals surface area contributed by atoms with E-state index in [2.05, 4.69) is 13.8 Å². The Morgan fingerprint density at radius 1 is 1.21 bits per heavy atom. The molecule has 0 saturated heterocycles. The van der Waals surface area contributed by atoms with E-state index >= 15 is 0 Å². The van der Waals surface area contributed by atoms with Gasteiger partial charge in [-0.15, -0.1) is 0 Å². The highest BCUT2D eigenvalue weighted by Crippen LogP contribution is 2.53. The van der Waals surface area contributed by atoms with Gasteiger partial charge in [0.25, 0.3) is 0 Å². The van der Waals surface area contributed by atoms with E-state index in [0.29, 0.717) is 0 Å². The molecule has 2 rings (SSSR count). The van der Waals surface area contributed by atoms with E-state index in [4.69, 9.17) is 0 Å². The van der Waals surface area contributed by atoms with Crippen LogP contribution >= 0.6 is 0 Å². The Kier molecular flexibility index (Phi) is 2.88. The first-order chi connectivity index (χ1) is 6.68. The monoisotopic (exact) mass is 196 g/mol. The maximum absolute atomic E-state index is 10.2. The molecule has 4 atom stereocenters. The predicted molar refractivity (Wildman–Crippen MR) is 59.1 cm³/mol. The number of aliphatic hydroxyl groups excluding tert-OH is 1. The molecule has 0 aliphatic heterocycles. The van der Waals surface area contributed by atoms with Crippen molar-refractivity contribution in [3.05, 3.63) is 0 Å². The molecule has 2 aliphatic carbocycles. The third-order valence-electron chi connectivity index (χ3n) is 4.99. The summed E-state index contributed by atoms with van der Waals surface area (Å²) in [5.41, 5.74) is 0.261. The molecule has 0 radical (unpaired) electrons. The van der Waals surface area contributed by atoms with Crippen LogP contribution in [0.5, 0.6) is 0 Å². The number of aliphatic hydroxyl groups is 1. The minimum atomic E-state index is -0.0180. The molecule has 0 aromatic rings. The zero-order chi connectivity index (χ0) is 10.2. The van der Waals surface area contributed by atoms with Crippen LogP contribution in [0, 0.1) is 17.3 Å². The SMILES string of the molecule is CCC1CCC(O)C2(C)CCCCC12. The molecule has 0 heterocycles. The van der Waals surface area contributed by atoms with Crippen molar-refractivity contribution < 1.29 is 5.11 Å². The molecule has 4 unspecified atom stereocenters. The molecule has 0 aromatic carbocycles. The summed E-state index contributed by atoms with van der Waals surface area (Å²) in [5, 5.41) is 10.2. The number of hydrogen-bond acceptors (Lipinski definition) is 1. The van der Waals surface area contributed by atoms with Crippen LogP contribution in [0.15, 0.2) is 0 Å². The van der Waals surface area contributed by atoms with Crippen molar-refractivity contribution in [2.24, 2.45) is 17.3 Å². The maximum atomic E-state index is 10.2. The molecule has 0 spiro atoms. The molecule has 0 aromatic heterocycles. The van der Waals surface area contributed by atoms with Gasteiger partial charge in [-0.05, 0) is 42.9 Å². The summed E-state index contributed by atoms with van der Waals surface area (Å²) < 4.78 is 0. The van der Waals surface area contributed by atoms with E-state index in [-0.39, 0.29) is 11.5 Å². The molecule has 1 N–H and O–H groups in total. The Hall–Kier alpha value is -0.0400. The Morgan fingerprint density at radius 2 is 2.00 bits per heavy atom. The fourth-order valence-electron chi connectivity index (χ4n) is 3.96. The first kappa shape index (κ1) is 10.5. The molecule has 2 saturated carbocycles. The second-order valence-electron chi connectivity index (χ2n) is 5.62. The van der Waals surface area contributed by atoms with Crippen LogP contribution < -0.4 is 0 Å². The fourth-order valence-corrected chi connectivity index (χ4v) is 3.96. The van der Waals surface area contributed by atoms with E-state index in [1.807, 2.05) is 0 Å². The van der Waals surface area contributed by atoms with Gasteiger partial charge in [-0.25, -0.2) is 0 Å². The first-order valence-electron chi connectivity index (χ1n) is 6.36. The van der Waals surface area contributed by atoms with Gasteiger partial charge >= 0.3 is 0 Å². The summed E-state index contributed by atoms with van der Waals surface area (Å²) in [6, 6.07) is 0. The van der Waals surface area contributed by atoms with E-state index < -0.39 is 0 Å². The third kappa shape index (κ3) is 1.50. The quantitative estimate of drug-likeness (QED) is 0.682. The molecular formula is C13H24O. The fraction of sp³-hybridized carbons (Fsp3) is 1.00. The molecule has 14 heavy (non-hydrogen) atoms. The summed E-state index contributed by atoms with van der Waals surface area (Å²) in [4.78, 5) is 0. The van der Waals surface area contributed by atoms with Crippen LogP contribution in [0.4, 0.5) is 0 Å². The molecule has 82 valence electrons. The molecular weight excluding hydrogens is 172 g/mol. The third-order valence-corrected chi connectivity index (χ3v) is 4.99. The lowest BCUT2D eigenvalue weighted by Crippen LogP contribution is -2.48. The molecule has 0 bridgehead atoms. The van der Waals surface area contributed by atoms with Crippen molar-refractivity contribution in [2.75, 3.05) is 0 Å².